The van der Waals surface area contributed by atoms with Gasteiger partial charge >= 0.3 is 0 Å². The lowest BCUT2D eigenvalue weighted by Gasteiger charge is -2.41. The number of hydrogen-bond acceptors (Lipinski definition) is 2. The van der Waals surface area contributed by atoms with Gasteiger partial charge in [-0.25, -0.2) is 0 Å². The van der Waals surface area contributed by atoms with Crippen molar-refractivity contribution < 1.29 is 4.74 Å². The number of rotatable bonds is 3. The first-order valence-electron chi connectivity index (χ1n) is 5.26. The highest BCUT2D eigenvalue weighted by Gasteiger charge is 2.37. The first-order valence-corrected chi connectivity index (χ1v) is 6.05. The molecule has 0 heterocycles. The Hall–Kier alpha value is -0.540. The molecule has 0 aliphatic heterocycles. The molecule has 0 spiro atoms. The minimum atomic E-state index is 0.216. The number of ether oxygens (including phenoxy) is 1. The molecule has 1 fully saturated rings. The van der Waals surface area contributed by atoms with Crippen LogP contribution in [-0.4, -0.2) is 13.7 Å². The molecule has 0 amide bonds. The molecule has 0 saturated heterocycles. The van der Waals surface area contributed by atoms with Gasteiger partial charge in [-0.3, -0.25) is 0 Å². The molecular weight excluding hydrogens is 254 g/mol. The highest BCUT2D eigenvalue weighted by Crippen LogP contribution is 2.44. The van der Waals surface area contributed by atoms with E-state index in [0.29, 0.717) is 0 Å². The van der Waals surface area contributed by atoms with Crippen LogP contribution in [0.3, 0.4) is 0 Å². The molecule has 1 aliphatic carbocycles. The van der Waals surface area contributed by atoms with Crippen molar-refractivity contribution in [1.29, 1.82) is 0 Å². The second-order valence-electron chi connectivity index (χ2n) is 4.19. The van der Waals surface area contributed by atoms with E-state index in [2.05, 4.69) is 28.1 Å². The third-order valence-electron chi connectivity index (χ3n) is 3.46. The second-order valence-corrected chi connectivity index (χ2v) is 5.04. The maximum Gasteiger partial charge on any atom is 0.133 e. The zero-order chi connectivity index (χ0) is 10.9. The molecule has 15 heavy (non-hydrogen) atoms. The normalized spacial score (nSPS) is 18.3. The molecule has 82 valence electrons. The lowest BCUT2D eigenvalue weighted by atomic mass is 9.64. The predicted molar refractivity (Wildman–Crippen MR) is 65.3 cm³/mol. The third-order valence-corrected chi connectivity index (χ3v) is 4.12. The van der Waals surface area contributed by atoms with Crippen molar-refractivity contribution >= 4 is 15.9 Å². The van der Waals surface area contributed by atoms with Crippen LogP contribution in [-0.2, 0) is 5.41 Å². The van der Waals surface area contributed by atoms with Gasteiger partial charge in [0.2, 0.25) is 0 Å². The Kier molecular flexibility index (Phi) is 3.03. The minimum absolute atomic E-state index is 0.216. The molecule has 1 aromatic rings. The van der Waals surface area contributed by atoms with Gasteiger partial charge in [0.1, 0.15) is 5.75 Å². The second kappa shape index (κ2) is 4.14. The highest BCUT2D eigenvalue weighted by atomic mass is 79.9. The number of methoxy groups -OCH3 is 1. The summed E-state index contributed by atoms with van der Waals surface area (Å²) in [5, 5.41) is 0. The summed E-state index contributed by atoms with van der Waals surface area (Å²) in [6.45, 7) is 0.734. The van der Waals surface area contributed by atoms with Gasteiger partial charge in [-0.2, -0.15) is 0 Å². The zero-order valence-corrected chi connectivity index (χ0v) is 10.5. The van der Waals surface area contributed by atoms with Crippen LogP contribution in [0.2, 0.25) is 0 Å². The summed E-state index contributed by atoms with van der Waals surface area (Å²) in [6.07, 6.45) is 3.69. The van der Waals surface area contributed by atoms with E-state index in [-0.39, 0.29) is 5.41 Å². The van der Waals surface area contributed by atoms with Crippen LogP contribution in [0.4, 0.5) is 0 Å². The van der Waals surface area contributed by atoms with Crippen molar-refractivity contribution in [2.45, 2.75) is 24.7 Å². The molecule has 1 saturated carbocycles. The average molecular weight is 270 g/mol. The van der Waals surface area contributed by atoms with E-state index >= 15 is 0 Å². The van der Waals surface area contributed by atoms with Gasteiger partial charge in [-0.15, -0.1) is 0 Å². The van der Waals surface area contributed by atoms with Crippen molar-refractivity contribution in [3.05, 3.63) is 28.2 Å². The van der Waals surface area contributed by atoms with Gasteiger partial charge in [-0.1, -0.05) is 12.5 Å². The van der Waals surface area contributed by atoms with Gasteiger partial charge in [-0.05, 0) is 46.5 Å². The van der Waals surface area contributed by atoms with Crippen LogP contribution in [0.25, 0.3) is 0 Å². The smallest absolute Gasteiger partial charge is 0.133 e. The largest absolute Gasteiger partial charge is 0.496 e. The van der Waals surface area contributed by atoms with Gasteiger partial charge < -0.3 is 10.5 Å². The fourth-order valence-electron chi connectivity index (χ4n) is 2.20. The van der Waals surface area contributed by atoms with Crippen LogP contribution in [0, 0.1) is 0 Å². The molecule has 2 nitrogen and oxygen atoms in total. The van der Waals surface area contributed by atoms with Crippen LogP contribution >= 0.6 is 15.9 Å². The monoisotopic (exact) mass is 269 g/mol. The quantitative estimate of drug-likeness (QED) is 0.916. The SMILES string of the molecule is COc1cc(C2(CN)CCC2)ccc1Br. The molecule has 1 aromatic carbocycles. The van der Waals surface area contributed by atoms with Crippen molar-refractivity contribution in [2.75, 3.05) is 13.7 Å². The van der Waals surface area contributed by atoms with Crippen LogP contribution in [0.15, 0.2) is 22.7 Å². The maximum atomic E-state index is 5.88. The molecule has 2 rings (SSSR count). The van der Waals surface area contributed by atoms with E-state index < -0.39 is 0 Å². The number of nitrogens with two attached hydrogens (primary N) is 1. The van der Waals surface area contributed by atoms with E-state index in [9.17, 15) is 0 Å². The summed E-state index contributed by atoms with van der Waals surface area (Å²) in [7, 11) is 1.69. The third kappa shape index (κ3) is 1.79. The van der Waals surface area contributed by atoms with E-state index in [1.165, 1.54) is 24.8 Å². The van der Waals surface area contributed by atoms with Crippen LogP contribution in [0.1, 0.15) is 24.8 Å². The first kappa shape index (κ1) is 11.0. The molecule has 3 heteroatoms. The Morgan fingerprint density at radius 3 is 2.67 bits per heavy atom. The van der Waals surface area contributed by atoms with E-state index in [0.717, 1.165) is 16.8 Å². The molecular formula is C12H16BrNO. The summed E-state index contributed by atoms with van der Waals surface area (Å²) < 4.78 is 6.31. The molecule has 0 aromatic heterocycles. The Balaban J connectivity index is 2.36. The van der Waals surface area contributed by atoms with Gasteiger partial charge in [0.15, 0.2) is 0 Å². The molecule has 0 bridgehead atoms. The van der Waals surface area contributed by atoms with Crippen LogP contribution < -0.4 is 10.5 Å². The lowest BCUT2D eigenvalue weighted by molar-refractivity contribution is 0.252. The molecule has 1 aliphatic rings. The Bertz CT molecular complexity index is 355. The van der Waals surface area contributed by atoms with Crippen molar-refractivity contribution in [3.63, 3.8) is 0 Å². The highest BCUT2D eigenvalue weighted by molar-refractivity contribution is 9.10. The summed E-state index contributed by atoms with van der Waals surface area (Å²) in [6, 6.07) is 6.30. The van der Waals surface area contributed by atoms with Crippen molar-refractivity contribution in [2.24, 2.45) is 5.73 Å². The van der Waals surface area contributed by atoms with E-state index in [1.807, 2.05) is 6.07 Å². The standard InChI is InChI=1S/C12H16BrNO/c1-15-11-7-9(3-4-10(11)13)12(8-14)5-2-6-12/h3-4,7H,2,5-6,8,14H2,1H3. The Morgan fingerprint density at radius 1 is 1.47 bits per heavy atom. The van der Waals surface area contributed by atoms with E-state index in [4.69, 9.17) is 10.5 Å². The fraction of sp³-hybridized carbons (Fsp3) is 0.500. The summed E-state index contributed by atoms with van der Waals surface area (Å²) in [5.41, 5.74) is 7.41. The average Bonchev–Trinajstić information content (AvgIpc) is 2.19. The zero-order valence-electron chi connectivity index (χ0n) is 8.92. The topological polar surface area (TPSA) is 35.2 Å². The van der Waals surface area contributed by atoms with Crippen molar-refractivity contribution in [1.82, 2.24) is 0 Å². The fourth-order valence-corrected chi connectivity index (χ4v) is 2.61. The summed E-state index contributed by atoms with van der Waals surface area (Å²) in [4.78, 5) is 0. The number of halogens is 1. The molecule has 0 atom stereocenters. The van der Waals surface area contributed by atoms with Crippen LogP contribution in [0.5, 0.6) is 5.75 Å². The maximum absolute atomic E-state index is 5.88. The molecule has 2 N–H and O–H groups in total. The number of hydrogen-bond donors (Lipinski definition) is 1. The van der Waals surface area contributed by atoms with Gasteiger partial charge in [0.25, 0.3) is 0 Å². The Labute approximate surface area is 98.9 Å². The van der Waals surface area contributed by atoms with Crippen molar-refractivity contribution in [3.8, 4) is 5.75 Å². The Morgan fingerprint density at radius 2 is 2.20 bits per heavy atom. The lowest BCUT2D eigenvalue weighted by Crippen LogP contribution is -2.41. The minimum Gasteiger partial charge on any atom is -0.496 e. The molecule has 0 radical (unpaired) electrons. The number of benzene rings is 1. The molecule has 0 unspecified atom stereocenters. The van der Waals surface area contributed by atoms with Gasteiger partial charge in [0, 0.05) is 12.0 Å². The first-order chi connectivity index (χ1) is 7.22. The summed E-state index contributed by atoms with van der Waals surface area (Å²) >= 11 is 3.46. The van der Waals surface area contributed by atoms with E-state index in [1.54, 1.807) is 7.11 Å². The van der Waals surface area contributed by atoms with Gasteiger partial charge in [0.05, 0.1) is 11.6 Å². The predicted octanol–water partition coefficient (Wildman–Crippen LogP) is 2.84. The summed E-state index contributed by atoms with van der Waals surface area (Å²) in [5.74, 6) is 0.896.